The van der Waals surface area contributed by atoms with Crippen LogP contribution >= 0.6 is 23.5 Å². The molecule has 0 aromatic rings. The summed E-state index contributed by atoms with van der Waals surface area (Å²) < 4.78 is 0. The average molecular weight is 585 g/mol. The van der Waals surface area contributed by atoms with E-state index in [9.17, 15) is 0 Å². The lowest BCUT2D eigenvalue weighted by Gasteiger charge is -2.64. The summed E-state index contributed by atoms with van der Waals surface area (Å²) in [5.41, 5.74) is 0. The first-order valence-electron chi connectivity index (χ1n) is 18.6. The molecule has 226 valence electrons. The summed E-state index contributed by atoms with van der Waals surface area (Å²) in [6, 6.07) is 3.70. The van der Waals surface area contributed by atoms with Gasteiger partial charge < -0.3 is 0 Å². The Balaban J connectivity index is 1.08. The van der Waals surface area contributed by atoms with E-state index < -0.39 is 0 Å². The first-order chi connectivity index (χ1) is 19.9. The van der Waals surface area contributed by atoms with Crippen molar-refractivity contribution in [3.05, 3.63) is 0 Å². The van der Waals surface area contributed by atoms with E-state index in [1.165, 1.54) is 101 Å². The molecule has 0 N–H and O–H groups in total. The minimum atomic E-state index is 0.863. The third kappa shape index (κ3) is 5.19. The molecule has 0 bridgehead atoms. The molecule has 10 atom stereocenters. The zero-order valence-electron chi connectivity index (χ0n) is 25.6. The van der Waals surface area contributed by atoms with Crippen LogP contribution in [0.4, 0.5) is 0 Å². The van der Waals surface area contributed by atoms with Crippen LogP contribution in [0.25, 0.3) is 0 Å². The maximum absolute atomic E-state index is 3.28. The molecule has 0 spiro atoms. The number of hydrogen-bond acceptors (Lipinski definition) is 4. The van der Waals surface area contributed by atoms with Gasteiger partial charge in [0.2, 0.25) is 0 Å². The SMILES string of the molecule is C1CCC(N(C2CCCS2)C2CCC3CCC4C5C(CCC2C35)CCC4N(C2CCCCC2)C2CCCS2)CC1. The molecule has 2 heterocycles. The highest BCUT2D eigenvalue weighted by atomic mass is 32.2. The predicted molar refractivity (Wildman–Crippen MR) is 174 cm³/mol. The predicted octanol–water partition coefficient (Wildman–Crippen LogP) is 9.57. The fourth-order valence-corrected chi connectivity index (χ4v) is 15.7. The van der Waals surface area contributed by atoms with Gasteiger partial charge in [-0.05, 0) is 150 Å². The van der Waals surface area contributed by atoms with Gasteiger partial charge in [-0.15, -0.1) is 23.5 Å². The monoisotopic (exact) mass is 584 g/mol. The molecular formula is C36H60N2S2. The van der Waals surface area contributed by atoms with Gasteiger partial charge in [-0.3, -0.25) is 9.80 Å². The minimum Gasteiger partial charge on any atom is -0.285 e. The molecule has 0 amide bonds. The van der Waals surface area contributed by atoms with Gasteiger partial charge in [0.25, 0.3) is 0 Å². The van der Waals surface area contributed by atoms with Crippen molar-refractivity contribution in [2.45, 2.75) is 176 Å². The van der Waals surface area contributed by atoms with Gasteiger partial charge in [0, 0.05) is 24.2 Å². The van der Waals surface area contributed by atoms with E-state index in [4.69, 9.17) is 0 Å². The molecule has 2 aliphatic heterocycles. The molecule has 4 heteroatoms. The molecule has 8 rings (SSSR count). The molecule has 2 saturated heterocycles. The van der Waals surface area contributed by atoms with Gasteiger partial charge in [-0.25, -0.2) is 0 Å². The Labute approximate surface area is 255 Å². The van der Waals surface area contributed by atoms with Crippen molar-refractivity contribution in [2.24, 2.45) is 35.5 Å². The van der Waals surface area contributed by atoms with Crippen LogP contribution in [0, 0.1) is 35.5 Å². The molecule has 8 aliphatic rings. The van der Waals surface area contributed by atoms with Gasteiger partial charge in [-0.1, -0.05) is 38.5 Å². The maximum Gasteiger partial charge on any atom is 0.0562 e. The second-order valence-corrected chi connectivity index (χ2v) is 18.4. The summed E-state index contributed by atoms with van der Waals surface area (Å²) >= 11 is 4.73. The lowest BCUT2D eigenvalue weighted by molar-refractivity contribution is -0.139. The second-order valence-electron chi connectivity index (χ2n) is 15.9. The molecule has 2 nitrogen and oxygen atoms in total. The Hall–Kier alpha value is 0.620. The standard InChI is InChI=1S/C36H60N2S2/c1-3-9-27(10-4-1)37(33-13-7-23-39-33)31-21-17-25-16-20-30-32(22-18-26-15-19-29(31)35(25)36(26)30)38(34-14-8-24-40-34)28-11-5-2-6-12-28/h25-36H,1-24H2. The summed E-state index contributed by atoms with van der Waals surface area (Å²) in [6.07, 6.45) is 33.7. The Morgan fingerprint density at radius 1 is 0.375 bits per heavy atom. The summed E-state index contributed by atoms with van der Waals surface area (Å²) in [5.74, 6) is 9.27. The van der Waals surface area contributed by atoms with Gasteiger partial charge in [0.05, 0.1) is 10.7 Å². The van der Waals surface area contributed by atoms with E-state index in [0.717, 1.165) is 70.4 Å². The number of hydrogen-bond donors (Lipinski definition) is 0. The highest BCUT2D eigenvalue weighted by Gasteiger charge is 2.58. The van der Waals surface area contributed by atoms with Gasteiger partial charge >= 0.3 is 0 Å². The molecule has 0 aromatic carbocycles. The number of nitrogens with zero attached hydrogens (tertiary/aromatic N) is 2. The van der Waals surface area contributed by atoms with E-state index in [2.05, 4.69) is 33.3 Å². The number of rotatable bonds is 6. The molecule has 6 saturated carbocycles. The van der Waals surface area contributed by atoms with E-state index >= 15 is 0 Å². The highest BCUT2D eigenvalue weighted by molar-refractivity contribution is 8.00. The van der Waals surface area contributed by atoms with Crippen molar-refractivity contribution in [1.29, 1.82) is 0 Å². The summed E-state index contributed by atoms with van der Waals surface area (Å²) in [4.78, 5) is 6.57. The van der Waals surface area contributed by atoms with Gasteiger partial charge in [-0.2, -0.15) is 0 Å². The van der Waals surface area contributed by atoms with E-state index in [-0.39, 0.29) is 0 Å². The van der Waals surface area contributed by atoms with Crippen LogP contribution in [0.2, 0.25) is 0 Å². The van der Waals surface area contributed by atoms with E-state index in [0.29, 0.717) is 0 Å². The Kier molecular flexibility index (Phi) is 8.82. The van der Waals surface area contributed by atoms with Crippen LogP contribution in [0.15, 0.2) is 0 Å². The summed E-state index contributed by atoms with van der Waals surface area (Å²) in [5, 5.41) is 1.73. The van der Waals surface area contributed by atoms with Crippen molar-refractivity contribution in [2.75, 3.05) is 11.5 Å². The lowest BCUT2D eigenvalue weighted by Crippen LogP contribution is -2.63. The molecule has 6 aliphatic carbocycles. The smallest absolute Gasteiger partial charge is 0.0562 e. The Bertz CT molecular complexity index is 759. The molecule has 40 heavy (non-hydrogen) atoms. The molecule has 10 unspecified atom stereocenters. The molecule has 0 aromatic heterocycles. The van der Waals surface area contributed by atoms with Crippen LogP contribution in [0.3, 0.4) is 0 Å². The highest BCUT2D eigenvalue weighted by Crippen LogP contribution is 2.62. The fraction of sp³-hybridized carbons (Fsp3) is 1.00. The normalized spacial score (nSPS) is 46.6. The quantitative estimate of drug-likeness (QED) is 0.306. The minimum absolute atomic E-state index is 0.863. The van der Waals surface area contributed by atoms with Crippen molar-refractivity contribution in [3.63, 3.8) is 0 Å². The van der Waals surface area contributed by atoms with Gasteiger partial charge in [0.15, 0.2) is 0 Å². The molecular weight excluding hydrogens is 525 g/mol. The third-order valence-electron chi connectivity index (χ3n) is 14.2. The summed E-state index contributed by atoms with van der Waals surface area (Å²) in [6.45, 7) is 0. The van der Waals surface area contributed by atoms with Crippen LogP contribution in [0.1, 0.15) is 141 Å². The summed E-state index contributed by atoms with van der Waals surface area (Å²) in [7, 11) is 0. The third-order valence-corrected chi connectivity index (χ3v) is 16.9. The maximum atomic E-state index is 3.28. The topological polar surface area (TPSA) is 6.48 Å². The van der Waals surface area contributed by atoms with Crippen molar-refractivity contribution < 1.29 is 0 Å². The van der Waals surface area contributed by atoms with Crippen molar-refractivity contribution >= 4 is 23.5 Å². The van der Waals surface area contributed by atoms with Crippen molar-refractivity contribution in [1.82, 2.24) is 9.80 Å². The van der Waals surface area contributed by atoms with Crippen LogP contribution in [-0.4, -0.2) is 56.2 Å². The van der Waals surface area contributed by atoms with Crippen LogP contribution in [0.5, 0.6) is 0 Å². The van der Waals surface area contributed by atoms with Gasteiger partial charge in [0.1, 0.15) is 0 Å². The molecule has 0 radical (unpaired) electrons. The van der Waals surface area contributed by atoms with Crippen LogP contribution in [-0.2, 0) is 0 Å². The first kappa shape index (κ1) is 28.1. The fourth-order valence-electron chi connectivity index (χ4n) is 12.8. The Morgan fingerprint density at radius 3 is 1.20 bits per heavy atom. The first-order valence-corrected chi connectivity index (χ1v) is 20.7. The van der Waals surface area contributed by atoms with E-state index in [1.54, 1.807) is 51.4 Å². The van der Waals surface area contributed by atoms with E-state index in [1.807, 2.05) is 0 Å². The second kappa shape index (κ2) is 12.5. The van der Waals surface area contributed by atoms with Crippen molar-refractivity contribution in [3.8, 4) is 0 Å². The zero-order chi connectivity index (χ0) is 26.5. The number of thioether (sulfide) groups is 2. The Morgan fingerprint density at radius 2 is 0.800 bits per heavy atom. The largest absolute Gasteiger partial charge is 0.285 e. The molecule has 8 fully saturated rings. The lowest BCUT2D eigenvalue weighted by atomic mass is 9.46. The van der Waals surface area contributed by atoms with Crippen LogP contribution < -0.4 is 0 Å². The average Bonchev–Trinajstić information content (AvgIpc) is 3.74. The zero-order valence-corrected chi connectivity index (χ0v) is 27.2.